The number of carbonyl (C=O) groups excluding carboxylic acids is 1. The molecule has 5 rings (SSSR count). The molecule has 1 fully saturated rings. The smallest absolute Gasteiger partial charge is 0.326 e. The molecule has 3 aliphatic rings. The molecule has 9 nitrogen and oxygen atoms in total. The van der Waals surface area contributed by atoms with E-state index in [4.69, 9.17) is 16.3 Å². The summed E-state index contributed by atoms with van der Waals surface area (Å²) in [5, 5.41) is 12.1. The number of aromatic nitrogens is 2. The number of carboxylic acids is 1. The van der Waals surface area contributed by atoms with Crippen molar-refractivity contribution in [3.05, 3.63) is 70.6 Å². The zero-order chi connectivity index (χ0) is 26.8. The van der Waals surface area contributed by atoms with Crippen molar-refractivity contribution in [1.82, 2.24) is 14.9 Å². The van der Waals surface area contributed by atoms with Crippen LogP contribution in [0.2, 0.25) is 5.02 Å². The molecule has 3 heterocycles. The number of carbonyl (C=O) groups is 2. The van der Waals surface area contributed by atoms with E-state index in [0.29, 0.717) is 62.7 Å². The fraction of sp³-hybridized carbons (Fsp3) is 0.407. The van der Waals surface area contributed by atoms with Crippen LogP contribution in [0.5, 0.6) is 0 Å². The Hall–Kier alpha value is -3.66. The van der Waals surface area contributed by atoms with Crippen LogP contribution in [0.15, 0.2) is 54.2 Å². The van der Waals surface area contributed by atoms with E-state index in [1.165, 1.54) is 12.1 Å². The van der Waals surface area contributed by atoms with Crippen molar-refractivity contribution in [3.63, 3.8) is 0 Å². The first-order valence-corrected chi connectivity index (χ1v) is 13.1. The van der Waals surface area contributed by atoms with Crippen LogP contribution in [-0.2, 0) is 9.53 Å². The summed E-state index contributed by atoms with van der Waals surface area (Å²) in [6, 6.07) is 3.68. The summed E-state index contributed by atoms with van der Waals surface area (Å²) in [4.78, 5) is 37.0. The fourth-order valence-corrected chi connectivity index (χ4v) is 5.14. The highest BCUT2D eigenvalue weighted by atomic mass is 35.5. The van der Waals surface area contributed by atoms with Gasteiger partial charge in [-0.25, -0.2) is 19.2 Å². The van der Waals surface area contributed by atoms with E-state index in [-0.39, 0.29) is 28.6 Å². The number of nitrogens with zero attached hydrogens (tertiary/aromatic N) is 4. The van der Waals surface area contributed by atoms with Crippen molar-refractivity contribution < 1.29 is 23.8 Å². The molecular weight excluding hydrogens is 513 g/mol. The highest BCUT2D eigenvalue weighted by Gasteiger charge is 2.34. The number of ether oxygens (including phenoxy) is 1. The lowest BCUT2D eigenvalue weighted by Gasteiger charge is -2.38. The summed E-state index contributed by atoms with van der Waals surface area (Å²) < 4.78 is 20.5. The van der Waals surface area contributed by atoms with Crippen molar-refractivity contribution in [1.29, 1.82) is 0 Å². The molecule has 200 valence electrons. The Morgan fingerprint density at radius 3 is 2.63 bits per heavy atom. The Labute approximate surface area is 225 Å². The van der Waals surface area contributed by atoms with Gasteiger partial charge in [0, 0.05) is 42.8 Å². The zero-order valence-corrected chi connectivity index (χ0v) is 21.7. The minimum atomic E-state index is -0.748. The number of benzene rings is 1. The Kier molecular flexibility index (Phi) is 7.51. The van der Waals surface area contributed by atoms with Crippen molar-refractivity contribution in [3.8, 4) is 0 Å². The van der Waals surface area contributed by atoms with Gasteiger partial charge in [0.25, 0.3) is 0 Å². The second-order valence-corrected chi connectivity index (χ2v) is 10.1. The number of anilines is 2. The second-order valence-electron chi connectivity index (χ2n) is 9.71. The molecule has 0 spiro atoms. The van der Waals surface area contributed by atoms with Crippen LogP contribution in [-0.4, -0.2) is 57.7 Å². The van der Waals surface area contributed by atoms with Crippen LogP contribution in [0, 0.1) is 11.7 Å². The largest absolute Gasteiger partial charge is 0.491 e. The molecule has 1 aromatic carbocycles. The highest BCUT2D eigenvalue weighted by Crippen LogP contribution is 2.37. The maximum Gasteiger partial charge on any atom is 0.326 e. The van der Waals surface area contributed by atoms with Gasteiger partial charge in [0.05, 0.1) is 23.8 Å². The fourth-order valence-electron chi connectivity index (χ4n) is 4.98. The summed E-state index contributed by atoms with van der Waals surface area (Å²) in [7, 11) is 0. The maximum absolute atomic E-state index is 14.3. The topological polar surface area (TPSA) is 108 Å². The second kappa shape index (κ2) is 11.0. The summed E-state index contributed by atoms with van der Waals surface area (Å²) in [6.07, 6.45) is 9.65. The molecule has 2 N–H and O–H groups in total. The minimum absolute atomic E-state index is 0.0326. The van der Waals surface area contributed by atoms with Gasteiger partial charge < -0.3 is 20.1 Å². The summed E-state index contributed by atoms with van der Waals surface area (Å²) in [5.74, 6) is -0.405. The molecule has 2 aliphatic heterocycles. The van der Waals surface area contributed by atoms with Gasteiger partial charge in [-0.05, 0) is 49.1 Å². The third-order valence-corrected chi connectivity index (χ3v) is 7.49. The molecule has 1 aromatic heterocycles. The zero-order valence-electron chi connectivity index (χ0n) is 20.9. The molecule has 38 heavy (non-hydrogen) atoms. The Morgan fingerprint density at radius 2 is 1.97 bits per heavy atom. The van der Waals surface area contributed by atoms with Crippen molar-refractivity contribution in [2.24, 2.45) is 5.92 Å². The van der Waals surface area contributed by atoms with Crippen LogP contribution in [0.1, 0.15) is 44.1 Å². The lowest BCUT2D eigenvalue weighted by atomic mass is 9.91. The van der Waals surface area contributed by atoms with E-state index in [1.807, 2.05) is 24.0 Å². The van der Waals surface area contributed by atoms with Gasteiger partial charge in [0.1, 0.15) is 17.7 Å². The van der Waals surface area contributed by atoms with Gasteiger partial charge >= 0.3 is 12.0 Å². The number of nitrogens with one attached hydrogen (secondary N) is 1. The van der Waals surface area contributed by atoms with Crippen LogP contribution in [0.3, 0.4) is 0 Å². The van der Waals surface area contributed by atoms with E-state index in [2.05, 4.69) is 15.3 Å². The molecule has 2 amide bonds. The monoisotopic (exact) mass is 541 g/mol. The molecule has 2 unspecified atom stereocenters. The first kappa shape index (κ1) is 26.0. The number of hydrogen-bond acceptors (Lipinski definition) is 6. The molecule has 0 radical (unpaired) electrons. The maximum atomic E-state index is 14.3. The van der Waals surface area contributed by atoms with E-state index >= 15 is 0 Å². The quantitative estimate of drug-likeness (QED) is 0.537. The number of carboxylic acid groups (broad SMARTS) is 1. The van der Waals surface area contributed by atoms with Crippen molar-refractivity contribution in [2.45, 2.75) is 44.6 Å². The summed E-state index contributed by atoms with van der Waals surface area (Å²) in [5.41, 5.74) is 1.62. The third-order valence-electron chi connectivity index (χ3n) is 7.25. The van der Waals surface area contributed by atoms with Gasteiger partial charge in [0.15, 0.2) is 0 Å². The SMILES string of the molecule is CCC1CN(C(=O)Nc2ccc(Cl)cc2F)C2=C(CC(c3cnc(N4CCC(C(=O)O)CC4)nc3)C=C2)O1. The number of urea groups is 1. The van der Waals surface area contributed by atoms with Gasteiger partial charge in [-0.2, -0.15) is 0 Å². The third kappa shape index (κ3) is 5.45. The number of hydrogen-bond donors (Lipinski definition) is 2. The average Bonchev–Trinajstić information content (AvgIpc) is 2.93. The molecular formula is C27H29ClFN5O4. The van der Waals surface area contributed by atoms with Crippen molar-refractivity contribution >= 4 is 35.2 Å². The number of halogens is 2. The van der Waals surface area contributed by atoms with Crippen LogP contribution in [0.25, 0.3) is 0 Å². The first-order chi connectivity index (χ1) is 18.3. The minimum Gasteiger partial charge on any atom is -0.491 e. The van der Waals surface area contributed by atoms with Crippen LogP contribution in [0.4, 0.5) is 20.8 Å². The number of allylic oxidation sites excluding steroid dienone is 3. The van der Waals surface area contributed by atoms with Crippen LogP contribution < -0.4 is 10.2 Å². The van der Waals surface area contributed by atoms with Crippen LogP contribution >= 0.6 is 11.6 Å². The highest BCUT2D eigenvalue weighted by molar-refractivity contribution is 6.30. The number of piperidine rings is 1. The Bertz CT molecular complexity index is 1280. The van der Waals surface area contributed by atoms with Gasteiger partial charge in [-0.3, -0.25) is 9.69 Å². The lowest BCUT2D eigenvalue weighted by Crippen LogP contribution is -2.44. The van der Waals surface area contributed by atoms with E-state index in [0.717, 1.165) is 11.6 Å². The molecule has 1 saturated heterocycles. The number of aliphatic carboxylic acids is 1. The average molecular weight is 542 g/mol. The van der Waals surface area contributed by atoms with Gasteiger partial charge in [0.2, 0.25) is 5.95 Å². The standard InChI is InChI=1S/C27H29ClFN5O4/c1-2-20-15-34(27(37)32-22-5-4-19(28)12-21(22)29)23-6-3-17(11-24(23)38-20)18-13-30-26(31-14-18)33-9-7-16(8-10-33)25(35)36/h3-6,12-14,16-17,20H,2,7-11,15H2,1H3,(H,32,37)(H,35,36). The first-order valence-electron chi connectivity index (χ1n) is 12.7. The normalized spacial score (nSPS) is 21.7. The predicted molar refractivity (Wildman–Crippen MR) is 140 cm³/mol. The van der Waals surface area contributed by atoms with Crippen molar-refractivity contribution in [2.75, 3.05) is 29.9 Å². The van der Waals surface area contributed by atoms with E-state index in [1.54, 1.807) is 17.3 Å². The Morgan fingerprint density at radius 1 is 1.24 bits per heavy atom. The molecule has 0 saturated carbocycles. The van der Waals surface area contributed by atoms with E-state index < -0.39 is 17.8 Å². The summed E-state index contributed by atoms with van der Waals surface area (Å²) >= 11 is 5.83. The molecule has 2 aromatic rings. The summed E-state index contributed by atoms with van der Waals surface area (Å²) in [6.45, 7) is 3.56. The van der Waals surface area contributed by atoms with Gasteiger partial charge in [-0.15, -0.1) is 0 Å². The lowest BCUT2D eigenvalue weighted by molar-refractivity contribution is -0.142. The predicted octanol–water partition coefficient (Wildman–Crippen LogP) is 5.17. The Balaban J connectivity index is 1.28. The molecule has 2 atom stereocenters. The molecule has 11 heteroatoms. The molecule has 1 aliphatic carbocycles. The number of rotatable bonds is 5. The number of amides is 2. The van der Waals surface area contributed by atoms with E-state index in [9.17, 15) is 19.1 Å². The molecule has 0 bridgehead atoms. The van der Waals surface area contributed by atoms with Gasteiger partial charge in [-0.1, -0.05) is 24.6 Å².